The van der Waals surface area contributed by atoms with Crippen LogP contribution in [-0.2, 0) is 20.7 Å². The largest absolute Gasteiger partial charge is 0.449 e. The van der Waals surface area contributed by atoms with Gasteiger partial charge in [0.2, 0.25) is 0 Å². The van der Waals surface area contributed by atoms with Crippen LogP contribution in [0.15, 0.2) is 6.33 Å². The smallest absolute Gasteiger partial charge is 0.409 e. The number of carbonyl (C=O) groups excluding carboxylic acids is 2. The van der Waals surface area contributed by atoms with Gasteiger partial charge in [0, 0.05) is 38.0 Å². The summed E-state index contributed by atoms with van der Waals surface area (Å²) in [7, 11) is 2.09. The van der Waals surface area contributed by atoms with Crippen molar-refractivity contribution in [1.29, 1.82) is 0 Å². The van der Waals surface area contributed by atoms with Crippen molar-refractivity contribution in [3.8, 4) is 0 Å². The lowest BCUT2D eigenvalue weighted by Gasteiger charge is -2.31. The lowest BCUT2D eigenvalue weighted by molar-refractivity contribution is -0.137. The molecule has 0 aromatic carbocycles. The Bertz CT molecular complexity index is 1280. The number of amides is 2. The van der Waals surface area contributed by atoms with Crippen LogP contribution in [0.2, 0.25) is 0 Å². The zero-order chi connectivity index (χ0) is 29.4. The molecular formula is C28H42N8O6. The van der Waals surface area contributed by atoms with Crippen LogP contribution >= 0.6 is 0 Å². The molecule has 5 atom stereocenters. The summed E-state index contributed by atoms with van der Waals surface area (Å²) >= 11 is 0. The molecule has 0 spiro atoms. The average molecular weight is 587 g/mol. The average Bonchev–Trinajstić information content (AvgIpc) is 3.39. The van der Waals surface area contributed by atoms with Gasteiger partial charge in [-0.1, -0.05) is 0 Å². The number of anilines is 1. The van der Waals surface area contributed by atoms with Crippen molar-refractivity contribution in [2.24, 2.45) is 11.8 Å². The first-order valence-corrected chi connectivity index (χ1v) is 15.2. The van der Waals surface area contributed by atoms with Gasteiger partial charge in [-0.25, -0.2) is 19.7 Å². The highest BCUT2D eigenvalue weighted by atomic mass is 16.6. The number of hydrogen-bond donors (Lipinski definition) is 4. The Labute approximate surface area is 244 Å². The number of nitrogens with two attached hydrogens (primary N) is 1. The van der Waals surface area contributed by atoms with Crippen molar-refractivity contribution in [3.05, 3.63) is 12.2 Å². The summed E-state index contributed by atoms with van der Waals surface area (Å²) in [5.41, 5.74) is 6.95. The molecule has 2 aromatic heterocycles. The van der Waals surface area contributed by atoms with Gasteiger partial charge in [-0.15, -0.1) is 0 Å². The second kappa shape index (κ2) is 12.3. The first-order valence-electron chi connectivity index (χ1n) is 15.2. The van der Waals surface area contributed by atoms with E-state index >= 15 is 0 Å². The molecule has 3 aliphatic heterocycles. The van der Waals surface area contributed by atoms with E-state index in [1.807, 2.05) is 4.90 Å². The van der Waals surface area contributed by atoms with Crippen molar-refractivity contribution in [1.82, 2.24) is 34.6 Å². The number of hydrogen-bond acceptors (Lipinski definition) is 11. The van der Waals surface area contributed by atoms with Gasteiger partial charge in [0.1, 0.15) is 23.5 Å². The zero-order valence-electron chi connectivity index (χ0n) is 24.1. The Morgan fingerprint density at radius 2 is 1.86 bits per heavy atom. The lowest BCUT2D eigenvalue weighted by Crippen LogP contribution is -2.43. The predicted molar refractivity (Wildman–Crippen MR) is 151 cm³/mol. The molecule has 14 nitrogen and oxygen atoms in total. The number of piperidine rings is 1. The van der Waals surface area contributed by atoms with Crippen molar-refractivity contribution in [2.45, 2.75) is 81.9 Å². The number of likely N-dealkylation sites (tertiary alicyclic amines) is 2. The van der Waals surface area contributed by atoms with E-state index in [4.69, 9.17) is 15.2 Å². The highest BCUT2D eigenvalue weighted by Crippen LogP contribution is 2.33. The summed E-state index contributed by atoms with van der Waals surface area (Å²) in [6, 6.07) is 0.103. The van der Waals surface area contributed by atoms with Crippen LogP contribution < -0.4 is 11.1 Å². The Balaban J connectivity index is 1.00. The number of nitrogens with one attached hydrogen (secondary N) is 1. The summed E-state index contributed by atoms with van der Waals surface area (Å²) in [6.45, 7) is 3.96. The van der Waals surface area contributed by atoms with Gasteiger partial charge in [0.15, 0.2) is 23.8 Å². The molecular weight excluding hydrogens is 544 g/mol. The van der Waals surface area contributed by atoms with E-state index in [0.717, 1.165) is 58.0 Å². The number of nitrogen functional groups attached to an aromatic ring is 1. The fourth-order valence-electron chi connectivity index (χ4n) is 6.30. The maximum absolute atomic E-state index is 12.5. The third-order valence-electron chi connectivity index (χ3n) is 9.01. The fourth-order valence-corrected chi connectivity index (χ4v) is 6.30. The number of aryl methyl sites for hydroxylation is 1. The maximum Gasteiger partial charge on any atom is 0.409 e. The standard InChI is InChI=1S/C28H42N8O6/c1-34-10-7-17(13-34)14-41-28(40)35-11-8-16(9-12-35)3-2-4-19-32-24(29)20-25(33-19)36(15-30-20)27-22(38)21(37)23(42-27)26(39)31-18-5-6-18/h15-18,21-23,27,37-38H,2-14H2,1H3,(H,31,39)(H2,29,32,33)/t17?,21-,22?,23+,27-/m1/s1. The number of imidazole rings is 1. The van der Waals surface area contributed by atoms with E-state index < -0.39 is 30.4 Å². The first kappa shape index (κ1) is 29.0. The SMILES string of the molecule is CN1CCC(COC(=O)N2CCC(CCCc3nc(N)c4ncn([C@@H]5O[C@H](C(=O)NC6CC6)[C@H](O)C5O)c4n3)CC2)C1. The number of aliphatic hydroxyl groups is 2. The number of rotatable bonds is 9. The highest BCUT2D eigenvalue weighted by molar-refractivity contribution is 5.83. The van der Waals surface area contributed by atoms with Crippen LogP contribution in [0.4, 0.5) is 10.6 Å². The molecule has 5 heterocycles. The quantitative estimate of drug-likeness (QED) is 0.320. The minimum atomic E-state index is -1.38. The fraction of sp³-hybridized carbons (Fsp3) is 0.750. The van der Waals surface area contributed by atoms with Gasteiger partial charge in [-0.3, -0.25) is 9.36 Å². The van der Waals surface area contributed by atoms with Gasteiger partial charge in [-0.05, 0) is 64.5 Å². The van der Waals surface area contributed by atoms with Crippen molar-refractivity contribution < 1.29 is 29.3 Å². The van der Waals surface area contributed by atoms with Crippen LogP contribution in [0.3, 0.4) is 0 Å². The Morgan fingerprint density at radius 1 is 1.10 bits per heavy atom. The van der Waals surface area contributed by atoms with Gasteiger partial charge in [-0.2, -0.15) is 0 Å². The summed E-state index contributed by atoms with van der Waals surface area (Å²) < 4.78 is 12.9. The minimum Gasteiger partial charge on any atom is -0.449 e. The number of aromatic nitrogens is 4. The van der Waals surface area contributed by atoms with Crippen LogP contribution in [0, 0.1) is 11.8 Å². The predicted octanol–water partition coefficient (Wildman–Crippen LogP) is 0.429. The van der Waals surface area contributed by atoms with E-state index in [9.17, 15) is 19.8 Å². The van der Waals surface area contributed by atoms with Gasteiger partial charge < -0.3 is 40.5 Å². The Kier molecular flexibility index (Phi) is 8.48. The van der Waals surface area contributed by atoms with Crippen LogP contribution in [0.25, 0.3) is 11.2 Å². The van der Waals surface area contributed by atoms with Crippen LogP contribution in [-0.4, -0.2) is 116 Å². The van der Waals surface area contributed by atoms with Gasteiger partial charge in [0.25, 0.3) is 5.91 Å². The third-order valence-corrected chi connectivity index (χ3v) is 9.01. The normalized spacial score (nSPS) is 28.9. The molecule has 1 aliphatic carbocycles. The summed E-state index contributed by atoms with van der Waals surface area (Å²) in [6.07, 6.45) is 3.47. The second-order valence-electron chi connectivity index (χ2n) is 12.4. The Morgan fingerprint density at radius 3 is 2.57 bits per heavy atom. The number of fused-ring (bicyclic) bond motifs is 1. The number of aliphatic hydroxyl groups excluding tert-OH is 2. The molecule has 42 heavy (non-hydrogen) atoms. The topological polar surface area (TPSA) is 181 Å². The molecule has 2 amide bonds. The Hall–Kier alpha value is -3.07. The molecule has 230 valence electrons. The van der Waals surface area contributed by atoms with E-state index in [1.54, 1.807) is 0 Å². The van der Waals surface area contributed by atoms with E-state index in [0.29, 0.717) is 54.9 Å². The number of nitrogens with zero attached hydrogens (tertiary/aromatic N) is 6. The molecule has 0 radical (unpaired) electrons. The molecule has 14 heteroatoms. The molecule has 6 rings (SSSR count). The molecule has 4 fully saturated rings. The van der Waals surface area contributed by atoms with Gasteiger partial charge >= 0.3 is 6.09 Å². The lowest BCUT2D eigenvalue weighted by atomic mass is 9.91. The number of carbonyl (C=O) groups is 2. The van der Waals surface area contributed by atoms with E-state index in [2.05, 4.69) is 32.2 Å². The molecule has 3 saturated heterocycles. The summed E-state index contributed by atoms with van der Waals surface area (Å²) in [5.74, 6) is 1.28. The number of ether oxygens (including phenoxy) is 2. The zero-order valence-corrected chi connectivity index (χ0v) is 24.1. The molecule has 0 bridgehead atoms. The maximum atomic E-state index is 12.5. The molecule has 1 saturated carbocycles. The summed E-state index contributed by atoms with van der Waals surface area (Å²) in [4.78, 5) is 42.5. The molecule has 5 N–H and O–H groups in total. The van der Waals surface area contributed by atoms with Crippen LogP contribution in [0.1, 0.15) is 57.0 Å². The first-order chi connectivity index (χ1) is 20.3. The second-order valence-corrected chi connectivity index (χ2v) is 12.4. The van der Waals surface area contributed by atoms with Gasteiger partial charge in [0.05, 0.1) is 12.9 Å². The van der Waals surface area contributed by atoms with Crippen molar-refractivity contribution in [3.63, 3.8) is 0 Å². The van der Waals surface area contributed by atoms with Crippen molar-refractivity contribution >= 4 is 29.0 Å². The third kappa shape index (κ3) is 6.31. The van der Waals surface area contributed by atoms with E-state index in [1.165, 1.54) is 10.9 Å². The van der Waals surface area contributed by atoms with Crippen LogP contribution in [0.5, 0.6) is 0 Å². The monoisotopic (exact) mass is 586 g/mol. The highest BCUT2D eigenvalue weighted by Gasteiger charge is 2.48. The molecule has 4 aliphatic rings. The minimum absolute atomic E-state index is 0.103. The molecule has 2 unspecified atom stereocenters. The summed E-state index contributed by atoms with van der Waals surface area (Å²) in [5, 5.41) is 24.0. The van der Waals surface area contributed by atoms with Crippen molar-refractivity contribution in [2.75, 3.05) is 45.6 Å². The molecule has 2 aromatic rings. The van der Waals surface area contributed by atoms with E-state index in [-0.39, 0.29) is 18.0 Å².